The average Bonchev–Trinajstić information content (AvgIpc) is 2.29. The van der Waals surface area contributed by atoms with Gasteiger partial charge in [-0.1, -0.05) is 18.2 Å². The fourth-order valence-corrected chi connectivity index (χ4v) is 1.59. The zero-order chi connectivity index (χ0) is 10.7. The van der Waals surface area contributed by atoms with E-state index in [1.807, 2.05) is 36.4 Å². The highest BCUT2D eigenvalue weighted by molar-refractivity contribution is 6.00. The van der Waals surface area contributed by atoms with E-state index in [2.05, 4.69) is 21.6 Å². The number of para-hydroxylation sites is 1. The van der Waals surface area contributed by atoms with Crippen molar-refractivity contribution in [3.8, 4) is 17.0 Å². The normalized spacial score (nSPS) is 9.87. The number of pyridine rings is 1. The molecule has 0 spiro atoms. The van der Waals surface area contributed by atoms with E-state index in [1.54, 1.807) is 6.07 Å². The van der Waals surface area contributed by atoms with Gasteiger partial charge in [-0.2, -0.15) is 0 Å². The van der Waals surface area contributed by atoms with Crippen LogP contribution in [0, 0.1) is 0 Å². The third-order valence-electron chi connectivity index (χ3n) is 2.06. The van der Waals surface area contributed by atoms with Crippen LogP contribution in [0.2, 0.25) is 0 Å². The summed E-state index contributed by atoms with van der Waals surface area (Å²) in [5.41, 5.74) is 7.37. The predicted molar refractivity (Wildman–Crippen MR) is 60.5 cm³/mol. The second kappa shape index (κ2) is 4.35. The molecule has 2 N–H and O–H groups in total. The van der Waals surface area contributed by atoms with Crippen LogP contribution >= 0.6 is 0 Å². The van der Waals surface area contributed by atoms with E-state index >= 15 is 0 Å². The fraction of sp³-hybridized carbons (Fsp3) is 0. The Morgan fingerprint density at radius 3 is 2.60 bits per heavy atom. The van der Waals surface area contributed by atoms with Gasteiger partial charge < -0.3 is 9.52 Å². The zero-order valence-electron chi connectivity index (χ0n) is 8.05. The van der Waals surface area contributed by atoms with Gasteiger partial charge in [-0.25, -0.2) is 4.98 Å². The molecular formula is C11H9AlN2O. The van der Waals surface area contributed by atoms with Crippen molar-refractivity contribution in [1.29, 1.82) is 0 Å². The molecule has 0 bridgehead atoms. The van der Waals surface area contributed by atoms with E-state index < -0.39 is 0 Å². The molecule has 3 nitrogen and oxygen atoms in total. The highest BCUT2D eigenvalue weighted by Gasteiger charge is 2.04. The smallest absolute Gasteiger partial charge is 0.482 e. The van der Waals surface area contributed by atoms with E-state index in [1.165, 1.54) is 0 Å². The van der Waals surface area contributed by atoms with Crippen molar-refractivity contribution < 1.29 is 3.79 Å². The van der Waals surface area contributed by atoms with Crippen molar-refractivity contribution in [2.24, 2.45) is 0 Å². The van der Waals surface area contributed by atoms with Crippen LogP contribution < -0.4 is 9.52 Å². The molecule has 2 aromatic rings. The van der Waals surface area contributed by atoms with Crippen molar-refractivity contribution in [3.05, 3.63) is 42.5 Å². The Morgan fingerprint density at radius 2 is 1.87 bits per heavy atom. The predicted octanol–water partition coefficient (Wildman–Crippen LogP) is 1.79. The molecule has 1 heterocycles. The van der Waals surface area contributed by atoms with Crippen molar-refractivity contribution in [3.63, 3.8) is 0 Å². The van der Waals surface area contributed by atoms with E-state index in [9.17, 15) is 0 Å². The summed E-state index contributed by atoms with van der Waals surface area (Å²) in [5.74, 6) is 1.27. The lowest BCUT2D eigenvalue weighted by Gasteiger charge is -2.09. The number of hydrogen-bond acceptors (Lipinski definition) is 3. The minimum atomic E-state index is 0.506. The van der Waals surface area contributed by atoms with E-state index in [4.69, 9.17) is 9.52 Å². The van der Waals surface area contributed by atoms with Crippen LogP contribution in [-0.4, -0.2) is 21.6 Å². The lowest BCUT2D eigenvalue weighted by atomic mass is 10.1. The molecule has 0 fully saturated rings. The van der Waals surface area contributed by atoms with Gasteiger partial charge in [0, 0.05) is 5.56 Å². The monoisotopic (exact) mass is 212 g/mol. The number of nitrogens with zero attached hydrogens (tertiary/aromatic N) is 1. The molecule has 0 saturated heterocycles. The number of nitrogen functional groups attached to an aromatic ring is 1. The molecule has 4 heteroatoms. The van der Waals surface area contributed by atoms with Crippen LogP contribution in [0.25, 0.3) is 11.3 Å². The summed E-state index contributed by atoms with van der Waals surface area (Å²) in [6, 6.07) is 13.2. The zero-order valence-corrected chi connectivity index (χ0v) is 9.21. The molecule has 1 aromatic heterocycles. The fourth-order valence-electron chi connectivity index (χ4n) is 1.38. The summed E-state index contributed by atoms with van der Waals surface area (Å²) in [5, 5.41) is 0. The van der Waals surface area contributed by atoms with E-state index in [0.717, 1.165) is 17.0 Å². The number of anilines is 1. The largest absolute Gasteiger partial charge is 0.653 e. The summed E-state index contributed by atoms with van der Waals surface area (Å²) in [6.07, 6.45) is 0. The van der Waals surface area contributed by atoms with Gasteiger partial charge in [-0.15, -0.1) is 0 Å². The molecule has 0 saturated carbocycles. The molecule has 0 aliphatic heterocycles. The Bertz CT molecular complexity index is 474. The van der Waals surface area contributed by atoms with Gasteiger partial charge in [0.05, 0.1) is 11.4 Å². The maximum atomic E-state index is 5.63. The van der Waals surface area contributed by atoms with Crippen molar-refractivity contribution in [2.45, 2.75) is 0 Å². The molecular weight excluding hydrogens is 203 g/mol. The van der Waals surface area contributed by atoms with Crippen LogP contribution in [0.3, 0.4) is 0 Å². The van der Waals surface area contributed by atoms with Gasteiger partial charge in [0.1, 0.15) is 5.82 Å². The van der Waals surface area contributed by atoms with Crippen molar-refractivity contribution in [2.75, 3.05) is 5.73 Å². The molecule has 0 aliphatic carbocycles. The molecule has 0 atom stereocenters. The minimum Gasteiger partial charge on any atom is -0.653 e. The maximum absolute atomic E-state index is 5.63. The SMILES string of the molecule is Nc1cccc(-c2ccccc2[O][Al])n1. The summed E-state index contributed by atoms with van der Waals surface area (Å²) in [6.45, 7) is 0. The number of hydrogen-bond donors (Lipinski definition) is 1. The lowest BCUT2D eigenvalue weighted by molar-refractivity contribution is 0.618. The first kappa shape index (κ1) is 10.0. The first-order valence-electron chi connectivity index (χ1n) is 4.50. The second-order valence-corrected chi connectivity index (χ2v) is 3.30. The molecule has 0 aliphatic rings. The van der Waals surface area contributed by atoms with Gasteiger partial charge in [-0.05, 0) is 24.3 Å². The van der Waals surface area contributed by atoms with Gasteiger partial charge >= 0.3 is 16.6 Å². The summed E-state index contributed by atoms with van der Waals surface area (Å²) >= 11 is 2.23. The standard InChI is InChI=1S/C11H10N2O.Al/c12-11-7-3-5-9(13-11)8-4-1-2-6-10(8)14;/h1-7,14H,(H2,12,13);/q;+1/p-1. The van der Waals surface area contributed by atoms with Crippen LogP contribution in [-0.2, 0) is 0 Å². The second-order valence-electron chi connectivity index (χ2n) is 3.06. The molecule has 0 amide bonds. The topological polar surface area (TPSA) is 48.1 Å². The number of nitrogens with two attached hydrogens (primary N) is 1. The highest BCUT2D eigenvalue weighted by Crippen LogP contribution is 2.27. The maximum Gasteiger partial charge on any atom is 0.482 e. The quantitative estimate of drug-likeness (QED) is 0.772. The molecule has 72 valence electrons. The first-order chi connectivity index (χ1) is 7.31. The molecule has 1 aromatic carbocycles. The van der Waals surface area contributed by atoms with Crippen molar-refractivity contribution in [1.82, 2.24) is 4.98 Å². The Morgan fingerprint density at radius 1 is 1.07 bits per heavy atom. The number of benzene rings is 1. The molecule has 15 heavy (non-hydrogen) atoms. The van der Waals surface area contributed by atoms with Crippen LogP contribution in [0.4, 0.5) is 5.82 Å². The lowest BCUT2D eigenvalue weighted by Crippen LogP contribution is -1.94. The first-order valence-corrected chi connectivity index (χ1v) is 4.97. The van der Waals surface area contributed by atoms with Crippen molar-refractivity contribution >= 4 is 22.4 Å². The molecule has 0 unspecified atom stereocenters. The van der Waals surface area contributed by atoms with Crippen LogP contribution in [0.1, 0.15) is 0 Å². The Labute approximate surface area is 96.7 Å². The van der Waals surface area contributed by atoms with E-state index in [-0.39, 0.29) is 0 Å². The number of rotatable bonds is 2. The van der Waals surface area contributed by atoms with E-state index in [0.29, 0.717) is 5.82 Å². The number of aromatic nitrogens is 1. The Hall–Kier alpha value is -1.50. The minimum absolute atomic E-state index is 0.506. The summed E-state index contributed by atoms with van der Waals surface area (Å²) in [7, 11) is 0. The van der Waals surface area contributed by atoms with Crippen LogP contribution in [0.15, 0.2) is 42.5 Å². The van der Waals surface area contributed by atoms with Gasteiger partial charge in [0.25, 0.3) is 0 Å². The van der Waals surface area contributed by atoms with Gasteiger partial charge in [0.2, 0.25) is 0 Å². The average molecular weight is 212 g/mol. The summed E-state index contributed by atoms with van der Waals surface area (Å²) < 4.78 is 5.18. The Kier molecular flexibility index (Phi) is 2.91. The third kappa shape index (κ3) is 2.12. The molecule has 2 radical (unpaired) electrons. The van der Waals surface area contributed by atoms with Crippen LogP contribution in [0.5, 0.6) is 5.75 Å². The third-order valence-corrected chi connectivity index (χ3v) is 2.31. The van der Waals surface area contributed by atoms with Gasteiger partial charge in [-0.3, -0.25) is 0 Å². The summed E-state index contributed by atoms with van der Waals surface area (Å²) in [4.78, 5) is 4.24. The Balaban J connectivity index is 2.53. The molecule has 2 rings (SSSR count). The highest BCUT2D eigenvalue weighted by atomic mass is 27.1. The van der Waals surface area contributed by atoms with Gasteiger partial charge in [0.15, 0.2) is 0 Å².